The molecule has 0 saturated carbocycles. The maximum Gasteiger partial charge on any atom is 0.168 e. The van der Waals surface area contributed by atoms with Gasteiger partial charge >= 0.3 is 0 Å². The van der Waals surface area contributed by atoms with Crippen molar-refractivity contribution < 1.29 is 4.79 Å². The third kappa shape index (κ3) is 3.73. The largest absolute Gasteiger partial charge is 0.294 e. The number of carbonyl (C=O) groups is 1. The van der Waals surface area contributed by atoms with E-state index in [0.717, 1.165) is 5.56 Å². The van der Waals surface area contributed by atoms with Crippen LogP contribution >= 0.6 is 50.7 Å². The Kier molecular flexibility index (Phi) is 4.91. The SMILES string of the molecule is O=C(Cc1ccc(Cl)c(Cl)c1)c1ccc(Cl)cc1Br. The van der Waals surface area contributed by atoms with Crippen LogP contribution in [0.25, 0.3) is 0 Å². The van der Waals surface area contributed by atoms with E-state index in [2.05, 4.69) is 15.9 Å². The molecule has 0 aromatic heterocycles. The molecule has 0 bridgehead atoms. The molecule has 0 radical (unpaired) electrons. The molecule has 0 N–H and O–H groups in total. The van der Waals surface area contributed by atoms with Gasteiger partial charge in [0.05, 0.1) is 10.0 Å². The van der Waals surface area contributed by atoms with Crippen LogP contribution in [-0.4, -0.2) is 5.78 Å². The van der Waals surface area contributed by atoms with Crippen LogP contribution in [0.15, 0.2) is 40.9 Å². The lowest BCUT2D eigenvalue weighted by molar-refractivity contribution is 0.0992. The van der Waals surface area contributed by atoms with Gasteiger partial charge in [0, 0.05) is 21.5 Å². The Morgan fingerprint density at radius 2 is 1.74 bits per heavy atom. The Hall–Kier alpha value is -0.540. The molecule has 0 heterocycles. The van der Waals surface area contributed by atoms with E-state index in [-0.39, 0.29) is 12.2 Å². The van der Waals surface area contributed by atoms with Crippen LogP contribution in [-0.2, 0) is 6.42 Å². The van der Waals surface area contributed by atoms with Crippen LogP contribution < -0.4 is 0 Å². The molecule has 98 valence electrons. The highest BCUT2D eigenvalue weighted by Crippen LogP contribution is 2.25. The smallest absolute Gasteiger partial charge is 0.168 e. The Labute approximate surface area is 134 Å². The first-order valence-electron chi connectivity index (χ1n) is 5.39. The first kappa shape index (κ1) is 14.9. The molecule has 0 unspecified atom stereocenters. The summed E-state index contributed by atoms with van der Waals surface area (Å²) in [6, 6.07) is 10.3. The molecule has 0 spiro atoms. The molecular formula is C14H8BrCl3O. The fraction of sp³-hybridized carbons (Fsp3) is 0.0714. The van der Waals surface area contributed by atoms with E-state index < -0.39 is 0 Å². The van der Waals surface area contributed by atoms with Gasteiger partial charge in [0.25, 0.3) is 0 Å². The first-order valence-corrected chi connectivity index (χ1v) is 7.32. The highest BCUT2D eigenvalue weighted by molar-refractivity contribution is 9.10. The molecule has 2 rings (SSSR count). The number of halogens is 4. The van der Waals surface area contributed by atoms with Crippen LogP contribution in [0.5, 0.6) is 0 Å². The Morgan fingerprint density at radius 1 is 1.00 bits per heavy atom. The predicted molar refractivity (Wildman–Crippen MR) is 83.6 cm³/mol. The zero-order valence-electron chi connectivity index (χ0n) is 9.59. The highest BCUT2D eigenvalue weighted by atomic mass is 79.9. The quantitative estimate of drug-likeness (QED) is 0.614. The second-order valence-corrected chi connectivity index (χ2v) is 6.08. The summed E-state index contributed by atoms with van der Waals surface area (Å²) in [5.41, 5.74) is 1.41. The summed E-state index contributed by atoms with van der Waals surface area (Å²) >= 11 is 20.9. The first-order chi connectivity index (χ1) is 8.97. The van der Waals surface area contributed by atoms with Crippen LogP contribution in [0.4, 0.5) is 0 Å². The number of hydrogen-bond donors (Lipinski definition) is 0. The van der Waals surface area contributed by atoms with Crippen molar-refractivity contribution in [3.63, 3.8) is 0 Å². The predicted octanol–water partition coefficient (Wildman–Crippen LogP) is 5.83. The number of hydrogen-bond acceptors (Lipinski definition) is 1. The number of Topliss-reactive ketones (excluding diaryl/α,β-unsaturated/α-hetero) is 1. The summed E-state index contributed by atoms with van der Waals surface area (Å²) in [7, 11) is 0. The molecule has 0 saturated heterocycles. The van der Waals surface area contributed by atoms with E-state index >= 15 is 0 Å². The molecule has 0 amide bonds. The molecular weight excluding hydrogens is 370 g/mol. The van der Waals surface area contributed by atoms with E-state index in [9.17, 15) is 4.79 Å². The summed E-state index contributed by atoms with van der Waals surface area (Å²) in [6.07, 6.45) is 0.261. The minimum atomic E-state index is -0.0121. The molecule has 0 fully saturated rings. The van der Waals surface area contributed by atoms with Gasteiger partial charge in [-0.25, -0.2) is 0 Å². The maximum atomic E-state index is 12.2. The lowest BCUT2D eigenvalue weighted by Crippen LogP contribution is -2.04. The molecule has 2 aromatic carbocycles. The van der Waals surface area contributed by atoms with Gasteiger partial charge in [-0.3, -0.25) is 4.79 Å². The summed E-state index contributed by atoms with van der Waals surface area (Å²) in [5.74, 6) is -0.0121. The second-order valence-electron chi connectivity index (χ2n) is 3.97. The fourth-order valence-electron chi connectivity index (χ4n) is 1.65. The Bertz CT molecular complexity index is 641. The van der Waals surface area contributed by atoms with Gasteiger partial charge in [-0.05, 0) is 51.8 Å². The van der Waals surface area contributed by atoms with Gasteiger partial charge in [-0.15, -0.1) is 0 Å². The number of rotatable bonds is 3. The minimum absolute atomic E-state index is 0.0121. The second kappa shape index (κ2) is 6.27. The van der Waals surface area contributed by atoms with Crippen molar-refractivity contribution in [2.24, 2.45) is 0 Å². The van der Waals surface area contributed by atoms with Crippen molar-refractivity contribution in [3.05, 3.63) is 67.1 Å². The van der Waals surface area contributed by atoms with Crippen molar-refractivity contribution in [1.82, 2.24) is 0 Å². The summed E-state index contributed by atoms with van der Waals surface area (Å²) in [4.78, 5) is 12.2. The molecule has 0 atom stereocenters. The Morgan fingerprint density at radius 3 is 2.37 bits per heavy atom. The minimum Gasteiger partial charge on any atom is -0.294 e. The molecule has 1 nitrogen and oxygen atoms in total. The van der Waals surface area contributed by atoms with Gasteiger partial charge in [0.2, 0.25) is 0 Å². The van der Waals surface area contributed by atoms with Crippen LogP contribution in [0.1, 0.15) is 15.9 Å². The average Bonchev–Trinajstić information content (AvgIpc) is 2.33. The van der Waals surface area contributed by atoms with Crippen molar-refractivity contribution >= 4 is 56.5 Å². The van der Waals surface area contributed by atoms with Gasteiger partial charge in [-0.1, -0.05) is 40.9 Å². The molecule has 5 heteroatoms. The number of carbonyl (C=O) groups excluding carboxylic acids is 1. The van der Waals surface area contributed by atoms with Gasteiger partial charge in [0.1, 0.15) is 0 Å². The molecule has 0 aliphatic heterocycles. The summed E-state index contributed by atoms with van der Waals surface area (Å²) < 4.78 is 0.685. The van der Waals surface area contributed by atoms with Crippen molar-refractivity contribution in [2.45, 2.75) is 6.42 Å². The van der Waals surface area contributed by atoms with E-state index in [1.807, 2.05) is 0 Å². The van der Waals surface area contributed by atoms with E-state index in [1.165, 1.54) is 0 Å². The zero-order chi connectivity index (χ0) is 14.0. The normalized spacial score (nSPS) is 10.5. The van der Waals surface area contributed by atoms with Crippen molar-refractivity contribution in [1.29, 1.82) is 0 Å². The van der Waals surface area contributed by atoms with Crippen molar-refractivity contribution in [3.8, 4) is 0 Å². The molecule has 19 heavy (non-hydrogen) atoms. The topological polar surface area (TPSA) is 17.1 Å². The third-order valence-corrected chi connectivity index (χ3v) is 4.21. The van der Waals surface area contributed by atoms with E-state index in [1.54, 1.807) is 36.4 Å². The van der Waals surface area contributed by atoms with Gasteiger partial charge in [-0.2, -0.15) is 0 Å². The van der Waals surface area contributed by atoms with Gasteiger partial charge < -0.3 is 0 Å². The monoisotopic (exact) mass is 376 g/mol. The Balaban J connectivity index is 2.23. The van der Waals surface area contributed by atoms with Crippen LogP contribution in [0.3, 0.4) is 0 Å². The number of ketones is 1. The molecule has 0 aliphatic carbocycles. The van der Waals surface area contributed by atoms with E-state index in [0.29, 0.717) is 25.1 Å². The molecule has 0 aliphatic rings. The van der Waals surface area contributed by atoms with E-state index in [4.69, 9.17) is 34.8 Å². The van der Waals surface area contributed by atoms with Crippen LogP contribution in [0.2, 0.25) is 15.1 Å². The standard InChI is InChI=1S/C14H8BrCl3O/c15-11-7-9(16)2-3-10(11)14(19)6-8-1-4-12(17)13(18)5-8/h1-5,7H,6H2. The average molecular weight is 378 g/mol. The number of benzene rings is 2. The maximum absolute atomic E-state index is 12.2. The highest BCUT2D eigenvalue weighted by Gasteiger charge is 2.12. The van der Waals surface area contributed by atoms with Crippen LogP contribution in [0, 0.1) is 0 Å². The van der Waals surface area contributed by atoms with Gasteiger partial charge in [0.15, 0.2) is 5.78 Å². The summed E-state index contributed by atoms with van der Waals surface area (Å²) in [5, 5.41) is 1.51. The lowest BCUT2D eigenvalue weighted by atomic mass is 10.0. The fourth-order valence-corrected chi connectivity index (χ4v) is 2.87. The third-order valence-electron chi connectivity index (χ3n) is 2.58. The molecule has 2 aromatic rings. The zero-order valence-corrected chi connectivity index (χ0v) is 13.4. The van der Waals surface area contributed by atoms with Crippen molar-refractivity contribution in [2.75, 3.05) is 0 Å². The summed E-state index contributed by atoms with van der Waals surface area (Å²) in [6.45, 7) is 0. The lowest BCUT2D eigenvalue weighted by Gasteiger charge is -2.05.